The molecule has 3 aliphatic rings. The molecular weight excluding hydrogens is 508 g/mol. The van der Waals surface area contributed by atoms with E-state index < -0.39 is 41.3 Å². The van der Waals surface area contributed by atoms with Gasteiger partial charge < -0.3 is 29.4 Å². The Balaban J connectivity index is 1.44. The third-order valence-electron chi connectivity index (χ3n) is 6.62. The van der Waals surface area contributed by atoms with Crippen molar-refractivity contribution in [2.75, 3.05) is 32.6 Å². The third-order valence-corrected chi connectivity index (χ3v) is 6.62. The van der Waals surface area contributed by atoms with Crippen LogP contribution < -0.4 is 20.7 Å². The zero-order chi connectivity index (χ0) is 27.2. The first-order valence-electron chi connectivity index (χ1n) is 11.6. The van der Waals surface area contributed by atoms with E-state index in [9.17, 15) is 28.0 Å². The Kier molecular flexibility index (Phi) is 6.25. The number of carbonyl (C=O) groups is 4. The number of nitrogens with one attached hydrogen (secondary N) is 3. The van der Waals surface area contributed by atoms with E-state index in [1.165, 1.54) is 31.3 Å². The van der Waals surface area contributed by atoms with Gasteiger partial charge in [-0.3, -0.25) is 24.7 Å². The molecule has 1 aromatic carbocycles. The highest BCUT2D eigenvalue weighted by molar-refractivity contribution is 6.08. The number of alkyl halides is 1. The van der Waals surface area contributed by atoms with E-state index in [1.54, 1.807) is 6.07 Å². The fourth-order valence-corrected chi connectivity index (χ4v) is 4.70. The Hall–Kier alpha value is -4.49. The highest BCUT2D eigenvalue weighted by Gasteiger charge is 2.53. The molecule has 1 saturated heterocycles. The van der Waals surface area contributed by atoms with Gasteiger partial charge in [-0.05, 0) is 11.6 Å². The second kappa shape index (κ2) is 9.43. The Morgan fingerprint density at radius 3 is 2.74 bits per heavy atom. The number of imide groups is 1. The van der Waals surface area contributed by atoms with E-state index in [4.69, 9.17) is 9.15 Å². The van der Waals surface area contributed by atoms with Gasteiger partial charge in [-0.25, -0.2) is 13.6 Å². The minimum atomic E-state index is -1.86. The number of benzene rings is 1. The zero-order valence-corrected chi connectivity index (χ0v) is 20.4. The average Bonchev–Trinajstić information content (AvgIpc) is 3.53. The maximum atomic E-state index is 14.8. The molecule has 4 amide bonds. The van der Waals surface area contributed by atoms with Crippen molar-refractivity contribution in [3.8, 4) is 5.75 Å². The summed E-state index contributed by atoms with van der Waals surface area (Å²) >= 11 is 0. The average molecular weight is 531 g/mol. The molecule has 5 rings (SSSR count). The molecule has 0 spiro atoms. The number of fused-ring (bicyclic) bond motifs is 2. The van der Waals surface area contributed by atoms with E-state index in [0.29, 0.717) is 11.3 Å². The van der Waals surface area contributed by atoms with E-state index in [1.807, 2.05) is 0 Å². The highest BCUT2D eigenvalue weighted by atomic mass is 19.1. The number of furan rings is 1. The van der Waals surface area contributed by atoms with Crippen LogP contribution in [-0.2, 0) is 32.8 Å². The number of amides is 4. The van der Waals surface area contributed by atoms with Crippen LogP contribution in [0, 0.1) is 5.82 Å². The summed E-state index contributed by atoms with van der Waals surface area (Å²) in [6.45, 7) is -0.412. The zero-order valence-electron chi connectivity index (χ0n) is 20.4. The van der Waals surface area contributed by atoms with Gasteiger partial charge in [0.05, 0.1) is 45.0 Å². The van der Waals surface area contributed by atoms with Crippen LogP contribution in [0.15, 0.2) is 27.6 Å². The number of halogens is 2. The molecule has 3 N–H and O–H groups in total. The molecule has 1 fully saturated rings. The van der Waals surface area contributed by atoms with Crippen LogP contribution in [0.4, 0.5) is 19.3 Å². The van der Waals surface area contributed by atoms with E-state index in [0.717, 1.165) is 0 Å². The van der Waals surface area contributed by atoms with Gasteiger partial charge >= 0.3 is 12.0 Å². The largest absolute Gasteiger partial charge is 0.494 e. The van der Waals surface area contributed by atoms with Gasteiger partial charge in [0.15, 0.2) is 23.3 Å². The molecule has 0 bridgehead atoms. The van der Waals surface area contributed by atoms with Crippen molar-refractivity contribution in [2.24, 2.45) is 4.99 Å². The quantitative estimate of drug-likeness (QED) is 0.358. The first kappa shape index (κ1) is 25.2. The molecule has 4 heterocycles. The minimum absolute atomic E-state index is 0.00313. The Bertz CT molecular complexity index is 1390. The van der Waals surface area contributed by atoms with Crippen molar-refractivity contribution in [1.82, 2.24) is 15.5 Å². The smallest absolute Gasteiger partial charge is 0.322 e. The number of methoxy groups -OCH3 is 2. The lowest BCUT2D eigenvalue weighted by atomic mass is 9.95. The summed E-state index contributed by atoms with van der Waals surface area (Å²) in [4.78, 5) is 55.0. The van der Waals surface area contributed by atoms with Crippen LogP contribution in [-0.4, -0.2) is 68.0 Å². The van der Waals surface area contributed by atoms with Crippen molar-refractivity contribution in [2.45, 2.75) is 31.1 Å². The van der Waals surface area contributed by atoms with Crippen LogP contribution in [0.1, 0.15) is 33.9 Å². The number of rotatable bonds is 7. The van der Waals surface area contributed by atoms with Gasteiger partial charge in [0.25, 0.3) is 11.8 Å². The first-order valence-corrected chi connectivity index (χ1v) is 11.6. The molecule has 0 radical (unpaired) electrons. The van der Waals surface area contributed by atoms with Crippen molar-refractivity contribution in [3.05, 3.63) is 46.7 Å². The molecule has 200 valence electrons. The van der Waals surface area contributed by atoms with Crippen LogP contribution in [0.3, 0.4) is 0 Å². The number of anilines is 1. The first-order chi connectivity index (χ1) is 18.2. The molecule has 14 heteroatoms. The van der Waals surface area contributed by atoms with E-state index in [2.05, 4.69) is 25.7 Å². The molecule has 12 nitrogen and oxygen atoms in total. The predicted octanol–water partition coefficient (Wildman–Crippen LogP) is 1.39. The standard InChI is InChI=1S/C24H23F2N5O7/c1-36-14-4-3-11-9-31(21(33)18(11)19(14)26)10-24(22(34)29-23(35)30-24)16-8-13-15(38-16)7-12(25)20(28-13)27-6-5-17(32)37-2/h3-4,8,12H,5-7,9-10H2,1-2H3,(H,27,28)(H2,29,30,34,35). The number of carbonyl (C=O) groups excluding carboxylic acids is 4. The fourth-order valence-electron chi connectivity index (χ4n) is 4.70. The van der Waals surface area contributed by atoms with Crippen LogP contribution >= 0.6 is 0 Å². The normalized spacial score (nSPS) is 23.1. The summed E-state index contributed by atoms with van der Waals surface area (Å²) in [5.74, 6) is -2.82. The minimum Gasteiger partial charge on any atom is -0.494 e. The molecule has 2 aromatic rings. The second-order valence-electron chi connectivity index (χ2n) is 8.93. The lowest BCUT2D eigenvalue weighted by Gasteiger charge is -2.29. The number of amidine groups is 1. The number of aliphatic imine (C=N–C) groups is 1. The number of hydrogen-bond acceptors (Lipinski definition) is 8. The summed E-state index contributed by atoms with van der Waals surface area (Å²) in [7, 11) is 2.51. The topological polar surface area (TPSA) is 152 Å². The summed E-state index contributed by atoms with van der Waals surface area (Å²) in [6.07, 6.45) is -1.83. The Morgan fingerprint density at radius 1 is 1.26 bits per heavy atom. The predicted molar refractivity (Wildman–Crippen MR) is 126 cm³/mol. The highest BCUT2D eigenvalue weighted by Crippen LogP contribution is 2.38. The summed E-state index contributed by atoms with van der Waals surface area (Å²) < 4.78 is 44.9. The lowest BCUT2D eigenvalue weighted by Crippen LogP contribution is -2.52. The van der Waals surface area contributed by atoms with E-state index in [-0.39, 0.29) is 61.1 Å². The molecule has 38 heavy (non-hydrogen) atoms. The SMILES string of the molecule is COC(=O)CCN=C1Nc2cc(C3(CN4Cc5ccc(OC)c(F)c5C4=O)NC(=O)NC3=O)oc2CC1F. The monoisotopic (exact) mass is 531 g/mol. The maximum absolute atomic E-state index is 14.8. The number of urea groups is 1. The molecule has 0 aliphatic carbocycles. The molecule has 1 aromatic heterocycles. The summed E-state index contributed by atoms with van der Waals surface area (Å²) in [5, 5.41) is 7.47. The number of nitrogens with zero attached hydrogens (tertiary/aromatic N) is 2. The molecular formula is C24H23F2N5O7. The van der Waals surface area contributed by atoms with Crippen molar-refractivity contribution >= 4 is 35.3 Å². The van der Waals surface area contributed by atoms with Crippen molar-refractivity contribution in [1.29, 1.82) is 0 Å². The molecule has 0 saturated carbocycles. The van der Waals surface area contributed by atoms with Gasteiger partial charge in [-0.2, -0.15) is 0 Å². The number of ether oxygens (including phenoxy) is 2. The maximum Gasteiger partial charge on any atom is 0.322 e. The van der Waals surface area contributed by atoms with Gasteiger partial charge in [-0.1, -0.05) is 6.07 Å². The summed E-state index contributed by atoms with van der Waals surface area (Å²) in [5.41, 5.74) is -1.34. The van der Waals surface area contributed by atoms with Gasteiger partial charge in [0, 0.05) is 19.0 Å². The van der Waals surface area contributed by atoms with Crippen LogP contribution in [0.5, 0.6) is 5.75 Å². The van der Waals surface area contributed by atoms with Crippen molar-refractivity contribution in [3.63, 3.8) is 0 Å². The number of esters is 1. The van der Waals surface area contributed by atoms with Crippen LogP contribution in [0.2, 0.25) is 0 Å². The summed E-state index contributed by atoms with van der Waals surface area (Å²) in [6, 6.07) is 3.55. The molecule has 2 unspecified atom stereocenters. The van der Waals surface area contributed by atoms with Gasteiger partial charge in [-0.15, -0.1) is 0 Å². The fraction of sp³-hybridized carbons (Fsp3) is 0.375. The Morgan fingerprint density at radius 2 is 2.05 bits per heavy atom. The van der Waals surface area contributed by atoms with Crippen LogP contribution in [0.25, 0.3) is 0 Å². The van der Waals surface area contributed by atoms with Crippen molar-refractivity contribution < 1.29 is 41.8 Å². The Labute approximate surface area is 214 Å². The van der Waals surface area contributed by atoms with Gasteiger partial charge in [0.1, 0.15) is 17.4 Å². The number of hydrogen-bond donors (Lipinski definition) is 3. The van der Waals surface area contributed by atoms with Gasteiger partial charge in [0.2, 0.25) is 0 Å². The molecule has 3 aliphatic heterocycles. The second-order valence-corrected chi connectivity index (χ2v) is 8.93. The third kappa shape index (κ3) is 4.11. The lowest BCUT2D eigenvalue weighted by molar-refractivity contribution is -0.140. The van der Waals surface area contributed by atoms with E-state index >= 15 is 0 Å². The molecule has 2 atom stereocenters.